The van der Waals surface area contributed by atoms with Gasteiger partial charge >= 0.3 is 0 Å². The van der Waals surface area contributed by atoms with E-state index in [9.17, 15) is 9.59 Å². The van der Waals surface area contributed by atoms with Crippen molar-refractivity contribution in [1.82, 2.24) is 0 Å². The zero-order chi connectivity index (χ0) is 16.4. The molecule has 6 nitrogen and oxygen atoms in total. The number of rotatable bonds is 4. The number of nitrogens with one attached hydrogen (secondary N) is 1. The van der Waals surface area contributed by atoms with E-state index >= 15 is 0 Å². The number of hydrogen-bond acceptors (Lipinski definition) is 5. The van der Waals surface area contributed by atoms with Crippen LogP contribution in [0.4, 0.5) is 11.4 Å². The highest BCUT2D eigenvalue weighted by atomic mass is 16.5. The van der Waals surface area contributed by atoms with Crippen LogP contribution < -0.4 is 20.5 Å². The summed E-state index contributed by atoms with van der Waals surface area (Å²) < 4.78 is 10.9. The summed E-state index contributed by atoms with van der Waals surface area (Å²) in [6, 6.07) is 11.8. The third-order valence-electron chi connectivity index (χ3n) is 3.46. The van der Waals surface area contributed by atoms with Gasteiger partial charge in [-0.15, -0.1) is 0 Å². The van der Waals surface area contributed by atoms with Gasteiger partial charge in [-0.2, -0.15) is 0 Å². The Kier molecular flexibility index (Phi) is 3.89. The number of Topliss-reactive ketones (excluding diaryl/α,β-unsaturated/α-hetero) is 1. The lowest BCUT2D eigenvalue weighted by molar-refractivity contribution is -0.122. The fraction of sp³-hybridized carbons (Fsp3) is 0.176. The zero-order valence-electron chi connectivity index (χ0n) is 12.5. The third-order valence-corrected chi connectivity index (χ3v) is 3.46. The minimum atomic E-state index is -0.545. The molecule has 0 spiro atoms. The monoisotopic (exact) mass is 312 g/mol. The number of fused-ring (bicyclic) bond motifs is 1. The van der Waals surface area contributed by atoms with Crippen molar-refractivity contribution in [3.8, 4) is 11.5 Å². The Morgan fingerprint density at radius 3 is 2.91 bits per heavy atom. The molecule has 1 unspecified atom stereocenters. The largest absolute Gasteiger partial charge is 0.485 e. The molecule has 2 aromatic rings. The fourth-order valence-electron chi connectivity index (χ4n) is 2.22. The summed E-state index contributed by atoms with van der Waals surface area (Å²) in [6.07, 6.45) is -0.545. The van der Waals surface area contributed by atoms with Gasteiger partial charge in [0.05, 0.1) is 5.69 Å². The molecule has 3 N–H and O–H groups in total. The molecule has 0 aromatic heterocycles. The topological polar surface area (TPSA) is 90.7 Å². The molecule has 0 bridgehead atoms. The normalized spacial score (nSPS) is 16.0. The lowest BCUT2D eigenvalue weighted by Gasteiger charge is -2.23. The minimum absolute atomic E-state index is 0.118. The first-order chi connectivity index (χ1) is 11.0. The van der Waals surface area contributed by atoms with Crippen molar-refractivity contribution in [1.29, 1.82) is 0 Å². The molecular formula is C17H16N2O4. The molecule has 118 valence electrons. The van der Waals surface area contributed by atoms with Crippen LogP contribution in [0.3, 0.4) is 0 Å². The van der Waals surface area contributed by atoms with Crippen molar-refractivity contribution in [2.45, 2.75) is 13.0 Å². The molecule has 0 fully saturated rings. The summed E-state index contributed by atoms with van der Waals surface area (Å²) in [6.45, 7) is 1.55. The number of hydrogen-bond donors (Lipinski definition) is 2. The molecule has 0 saturated heterocycles. The molecule has 3 rings (SSSR count). The summed E-state index contributed by atoms with van der Waals surface area (Å²) in [5, 5.41) is 2.71. The van der Waals surface area contributed by atoms with Crippen LogP contribution >= 0.6 is 0 Å². The molecule has 1 amide bonds. The highest BCUT2D eigenvalue weighted by Crippen LogP contribution is 2.30. The zero-order valence-corrected chi connectivity index (χ0v) is 12.5. The van der Waals surface area contributed by atoms with Crippen LogP contribution in [0, 0.1) is 0 Å². The number of amides is 1. The van der Waals surface area contributed by atoms with E-state index in [-0.39, 0.29) is 18.3 Å². The summed E-state index contributed by atoms with van der Waals surface area (Å²) in [5.74, 6) is 0.633. The first-order valence-electron chi connectivity index (χ1n) is 7.16. The standard InChI is InChI=1S/C17H16N2O4/c1-10-17(21)19-14-7-11(5-6-16(14)23-10)15(20)9-22-13-4-2-3-12(18)8-13/h2-8,10H,9,18H2,1H3,(H,19,21). The number of ether oxygens (including phenoxy) is 2. The number of ketones is 1. The quantitative estimate of drug-likeness (QED) is 0.667. The molecule has 23 heavy (non-hydrogen) atoms. The molecule has 1 aliphatic rings. The van der Waals surface area contributed by atoms with Crippen molar-refractivity contribution in [2.24, 2.45) is 0 Å². The van der Waals surface area contributed by atoms with Crippen molar-refractivity contribution >= 4 is 23.1 Å². The van der Waals surface area contributed by atoms with Gasteiger partial charge in [-0.3, -0.25) is 9.59 Å². The van der Waals surface area contributed by atoms with Crippen LogP contribution in [0.2, 0.25) is 0 Å². The Bertz CT molecular complexity index is 773. The number of benzene rings is 2. The molecule has 0 aliphatic carbocycles. The number of anilines is 2. The second-order valence-corrected chi connectivity index (χ2v) is 5.24. The van der Waals surface area contributed by atoms with Gasteiger partial charge in [-0.1, -0.05) is 6.07 Å². The lowest BCUT2D eigenvalue weighted by atomic mass is 10.1. The second-order valence-electron chi connectivity index (χ2n) is 5.24. The molecular weight excluding hydrogens is 296 g/mol. The van der Waals surface area contributed by atoms with Gasteiger partial charge in [0.15, 0.2) is 18.5 Å². The molecule has 2 aromatic carbocycles. The number of carbonyl (C=O) groups excluding carboxylic acids is 2. The average molecular weight is 312 g/mol. The first kappa shape index (κ1) is 14.9. The van der Waals surface area contributed by atoms with Crippen molar-refractivity contribution in [3.05, 3.63) is 48.0 Å². The van der Waals surface area contributed by atoms with Gasteiger partial charge in [0.25, 0.3) is 5.91 Å². The molecule has 1 heterocycles. The van der Waals surface area contributed by atoms with E-state index in [1.807, 2.05) is 0 Å². The summed E-state index contributed by atoms with van der Waals surface area (Å²) in [5.41, 5.74) is 7.15. The molecule has 0 saturated carbocycles. The van der Waals surface area contributed by atoms with E-state index in [4.69, 9.17) is 15.2 Å². The molecule has 1 aliphatic heterocycles. The highest BCUT2D eigenvalue weighted by Gasteiger charge is 2.24. The Balaban J connectivity index is 1.71. The second kappa shape index (κ2) is 6.00. The minimum Gasteiger partial charge on any atom is -0.485 e. The Morgan fingerprint density at radius 1 is 1.30 bits per heavy atom. The Morgan fingerprint density at radius 2 is 2.13 bits per heavy atom. The highest BCUT2D eigenvalue weighted by molar-refractivity contribution is 6.02. The van der Waals surface area contributed by atoms with Gasteiger partial charge in [0.1, 0.15) is 11.5 Å². The average Bonchev–Trinajstić information content (AvgIpc) is 2.53. The first-order valence-corrected chi connectivity index (χ1v) is 7.16. The molecule has 1 atom stereocenters. The Labute approximate surface area is 133 Å². The van der Waals surface area contributed by atoms with Gasteiger partial charge in [0.2, 0.25) is 0 Å². The van der Waals surface area contributed by atoms with Gasteiger partial charge in [-0.25, -0.2) is 0 Å². The maximum atomic E-state index is 12.2. The van der Waals surface area contributed by atoms with Crippen LogP contribution in [-0.2, 0) is 4.79 Å². The summed E-state index contributed by atoms with van der Waals surface area (Å²) in [7, 11) is 0. The van der Waals surface area contributed by atoms with Crippen molar-refractivity contribution in [2.75, 3.05) is 17.7 Å². The maximum Gasteiger partial charge on any atom is 0.265 e. The van der Waals surface area contributed by atoms with E-state index in [1.165, 1.54) is 0 Å². The SMILES string of the molecule is CC1Oc2ccc(C(=O)COc3cccc(N)c3)cc2NC1=O. The predicted octanol–water partition coefficient (Wildman–Crippen LogP) is 2.25. The summed E-state index contributed by atoms with van der Waals surface area (Å²) in [4.78, 5) is 23.8. The van der Waals surface area contributed by atoms with Crippen LogP contribution in [0.5, 0.6) is 11.5 Å². The molecule has 0 radical (unpaired) electrons. The smallest absolute Gasteiger partial charge is 0.265 e. The van der Waals surface area contributed by atoms with E-state index in [1.54, 1.807) is 49.4 Å². The van der Waals surface area contributed by atoms with E-state index in [2.05, 4.69) is 5.32 Å². The number of carbonyl (C=O) groups is 2. The maximum absolute atomic E-state index is 12.2. The fourth-order valence-corrected chi connectivity index (χ4v) is 2.22. The predicted molar refractivity (Wildman–Crippen MR) is 85.8 cm³/mol. The van der Waals surface area contributed by atoms with E-state index in [0.717, 1.165) is 0 Å². The van der Waals surface area contributed by atoms with E-state index < -0.39 is 6.10 Å². The van der Waals surface area contributed by atoms with Crippen LogP contribution in [0.15, 0.2) is 42.5 Å². The third kappa shape index (κ3) is 3.26. The number of nitrogens with two attached hydrogens (primary N) is 1. The van der Waals surface area contributed by atoms with Crippen LogP contribution in [0.1, 0.15) is 17.3 Å². The van der Waals surface area contributed by atoms with Crippen LogP contribution in [-0.4, -0.2) is 24.4 Å². The van der Waals surface area contributed by atoms with Gasteiger partial charge in [-0.05, 0) is 37.3 Å². The van der Waals surface area contributed by atoms with Crippen LogP contribution in [0.25, 0.3) is 0 Å². The van der Waals surface area contributed by atoms with E-state index in [0.29, 0.717) is 28.4 Å². The Hall–Kier alpha value is -3.02. The summed E-state index contributed by atoms with van der Waals surface area (Å²) >= 11 is 0. The van der Waals surface area contributed by atoms with Crippen molar-refractivity contribution < 1.29 is 19.1 Å². The molecule has 6 heteroatoms. The number of nitrogen functional groups attached to an aromatic ring is 1. The lowest BCUT2D eigenvalue weighted by Crippen LogP contribution is -2.34. The van der Waals surface area contributed by atoms with Crippen molar-refractivity contribution in [3.63, 3.8) is 0 Å². The van der Waals surface area contributed by atoms with Gasteiger partial charge < -0.3 is 20.5 Å². The van der Waals surface area contributed by atoms with Gasteiger partial charge in [0, 0.05) is 17.3 Å².